The molecule has 0 unspecified atom stereocenters. The molecule has 0 saturated carbocycles. The van der Waals surface area contributed by atoms with E-state index in [1.165, 1.54) is 24.3 Å². The van der Waals surface area contributed by atoms with Gasteiger partial charge in [0.05, 0.1) is 0 Å². The van der Waals surface area contributed by atoms with Crippen LogP contribution in [0.15, 0.2) is 133 Å². The molecule has 9 aromatic rings. The van der Waals surface area contributed by atoms with Crippen LogP contribution >= 0.6 is 0 Å². The van der Waals surface area contributed by atoms with Crippen LogP contribution in [0.3, 0.4) is 0 Å². The summed E-state index contributed by atoms with van der Waals surface area (Å²) in [6, 6.07) is 38.7. The van der Waals surface area contributed by atoms with Crippen LogP contribution < -0.4 is 0 Å². The molecule has 0 fully saturated rings. The summed E-state index contributed by atoms with van der Waals surface area (Å²) in [7, 11) is 0. The molecule has 1 aromatic heterocycles. The first kappa shape index (κ1) is 30.0. The first-order valence-electron chi connectivity index (χ1n) is 15.6. The molecule has 1 heterocycles. The number of fused-ring (bicyclic) bond motifs is 7. The molecule has 0 aliphatic heterocycles. The Labute approximate surface area is 281 Å². The second-order valence-corrected chi connectivity index (χ2v) is 14.3. The molecule has 0 bridgehead atoms. The third-order valence-electron chi connectivity index (χ3n) is 9.49. The van der Waals surface area contributed by atoms with Crippen molar-refractivity contribution in [3.8, 4) is 22.3 Å². The van der Waals surface area contributed by atoms with Crippen LogP contribution in [0.5, 0.6) is 0 Å². The third kappa shape index (κ3) is 4.46. The van der Waals surface area contributed by atoms with E-state index in [0.717, 1.165) is 41.5 Å². The molecule has 9 rings (SSSR count). The van der Waals surface area contributed by atoms with Gasteiger partial charge in [0.25, 0.3) is 0 Å². The van der Waals surface area contributed by atoms with Gasteiger partial charge in [-0.3, -0.25) is 0 Å². The predicted molar refractivity (Wildman–Crippen MR) is 189 cm³/mol. The predicted octanol–water partition coefficient (Wildman–Crippen LogP) is 13.0. The SMILES string of the molecule is FC(F)(F)c1c2ccccc2c(-c2cccc3c2[se]c2cccc(-c4c5ccccc5c(C(F)(F)F)c5ccccc45)c23)c2ccccc12. The van der Waals surface area contributed by atoms with E-state index in [-0.39, 0.29) is 36.0 Å². The number of halogens is 6. The van der Waals surface area contributed by atoms with Crippen molar-refractivity contribution >= 4 is 76.9 Å². The molecule has 0 N–H and O–H groups in total. The van der Waals surface area contributed by atoms with Crippen LogP contribution in [-0.2, 0) is 12.4 Å². The van der Waals surface area contributed by atoms with Gasteiger partial charge in [-0.15, -0.1) is 0 Å². The van der Waals surface area contributed by atoms with Crippen molar-refractivity contribution in [2.45, 2.75) is 12.4 Å². The van der Waals surface area contributed by atoms with Gasteiger partial charge >= 0.3 is 282 Å². The minimum atomic E-state index is -4.56. The molecule has 0 atom stereocenters. The first-order valence-corrected chi connectivity index (χ1v) is 17.3. The molecule has 49 heavy (non-hydrogen) atoms. The fourth-order valence-electron chi connectivity index (χ4n) is 7.70. The fourth-order valence-corrected chi connectivity index (χ4v) is 10.3. The van der Waals surface area contributed by atoms with E-state index in [9.17, 15) is 26.3 Å². The summed E-state index contributed by atoms with van der Waals surface area (Å²) >= 11 is -0.236. The zero-order chi connectivity index (χ0) is 33.7. The Hall–Kier alpha value is -5.10. The van der Waals surface area contributed by atoms with Crippen LogP contribution in [-0.4, -0.2) is 14.5 Å². The molecular formula is C42H22F6Se. The molecule has 0 nitrogen and oxygen atoms in total. The van der Waals surface area contributed by atoms with Gasteiger partial charge in [0.15, 0.2) is 0 Å². The Morgan fingerprint density at radius 2 is 0.694 bits per heavy atom. The van der Waals surface area contributed by atoms with Gasteiger partial charge in [0.2, 0.25) is 0 Å². The standard InChI is InChI=1S/C42H22F6Se/c43-41(44,45)38-27-15-5-1-11-23(27)35(24-12-2-6-16-28(24)38)31-19-10-22-34-37(31)33-21-9-20-32(40(33)49-34)36-25-13-3-7-17-29(25)39(42(46,47)48)30-18-8-4-14-26(30)36/h1-22H. The molecule has 0 aliphatic rings. The van der Waals surface area contributed by atoms with E-state index in [0.29, 0.717) is 21.5 Å². The van der Waals surface area contributed by atoms with Crippen molar-refractivity contribution in [3.63, 3.8) is 0 Å². The Morgan fingerprint density at radius 3 is 1.12 bits per heavy atom. The number of rotatable bonds is 2. The second kappa shape index (κ2) is 10.7. The number of alkyl halides is 6. The van der Waals surface area contributed by atoms with E-state index in [2.05, 4.69) is 6.07 Å². The Bertz CT molecular complexity index is 2690. The number of hydrogen-bond acceptors (Lipinski definition) is 0. The number of benzene rings is 8. The zero-order valence-electron chi connectivity index (χ0n) is 25.4. The van der Waals surface area contributed by atoms with Gasteiger partial charge in [-0.2, -0.15) is 0 Å². The van der Waals surface area contributed by atoms with Crippen LogP contribution in [0.25, 0.3) is 84.6 Å². The van der Waals surface area contributed by atoms with Crippen molar-refractivity contribution in [2.75, 3.05) is 0 Å². The van der Waals surface area contributed by atoms with E-state index in [1.54, 1.807) is 72.8 Å². The zero-order valence-corrected chi connectivity index (χ0v) is 27.1. The molecule has 8 aromatic carbocycles. The summed E-state index contributed by atoms with van der Waals surface area (Å²) in [5.74, 6) is 0. The fraction of sp³-hybridized carbons (Fsp3) is 0.0476. The van der Waals surface area contributed by atoms with Crippen LogP contribution in [0, 0.1) is 0 Å². The average Bonchev–Trinajstić information content (AvgIpc) is 3.48. The van der Waals surface area contributed by atoms with Gasteiger partial charge < -0.3 is 0 Å². The topological polar surface area (TPSA) is 0 Å². The first-order chi connectivity index (χ1) is 23.6. The van der Waals surface area contributed by atoms with Gasteiger partial charge in [-0.05, 0) is 0 Å². The molecule has 0 spiro atoms. The minimum absolute atomic E-state index is 0.140. The molecule has 0 aliphatic carbocycles. The van der Waals surface area contributed by atoms with Gasteiger partial charge in [-0.25, -0.2) is 0 Å². The van der Waals surface area contributed by atoms with Gasteiger partial charge in [-0.1, -0.05) is 0 Å². The van der Waals surface area contributed by atoms with Crippen molar-refractivity contribution < 1.29 is 26.3 Å². The van der Waals surface area contributed by atoms with E-state index in [1.807, 2.05) is 30.3 Å². The van der Waals surface area contributed by atoms with Crippen LogP contribution in [0.1, 0.15) is 11.1 Å². The maximum absolute atomic E-state index is 14.7. The second-order valence-electron chi connectivity index (χ2n) is 12.1. The molecule has 0 radical (unpaired) electrons. The summed E-state index contributed by atoms with van der Waals surface area (Å²) < 4.78 is 90.0. The van der Waals surface area contributed by atoms with Gasteiger partial charge in [0.1, 0.15) is 0 Å². The summed E-state index contributed by atoms with van der Waals surface area (Å²) in [6.07, 6.45) is -9.12. The Kier molecular flexibility index (Phi) is 6.55. The molecule has 7 heteroatoms. The van der Waals surface area contributed by atoms with Crippen molar-refractivity contribution in [1.82, 2.24) is 0 Å². The van der Waals surface area contributed by atoms with E-state index >= 15 is 0 Å². The monoisotopic (exact) mass is 720 g/mol. The summed E-state index contributed by atoms with van der Waals surface area (Å²) in [6.45, 7) is 0. The molecule has 0 amide bonds. The van der Waals surface area contributed by atoms with Crippen molar-refractivity contribution in [1.29, 1.82) is 0 Å². The van der Waals surface area contributed by atoms with Crippen molar-refractivity contribution in [3.05, 3.63) is 145 Å². The van der Waals surface area contributed by atoms with Gasteiger partial charge in [0, 0.05) is 0 Å². The number of hydrogen-bond donors (Lipinski definition) is 0. The Morgan fingerprint density at radius 1 is 0.347 bits per heavy atom. The average molecular weight is 720 g/mol. The normalized spacial score (nSPS) is 12.7. The third-order valence-corrected chi connectivity index (χ3v) is 12.0. The Balaban J connectivity index is 1.42. The van der Waals surface area contributed by atoms with E-state index in [4.69, 9.17) is 0 Å². The van der Waals surface area contributed by atoms with Crippen LogP contribution in [0.4, 0.5) is 26.3 Å². The maximum atomic E-state index is 14.7. The summed E-state index contributed by atoms with van der Waals surface area (Å²) in [5, 5.41) is 4.54. The van der Waals surface area contributed by atoms with Crippen molar-refractivity contribution in [2.24, 2.45) is 0 Å². The van der Waals surface area contributed by atoms with Crippen LogP contribution in [0.2, 0.25) is 0 Å². The summed E-state index contributed by atoms with van der Waals surface area (Å²) in [4.78, 5) is 0. The van der Waals surface area contributed by atoms with E-state index < -0.39 is 23.5 Å². The molecular weight excluding hydrogens is 697 g/mol. The molecule has 0 saturated heterocycles. The molecule has 238 valence electrons. The quantitative estimate of drug-likeness (QED) is 0.0948. The summed E-state index contributed by atoms with van der Waals surface area (Å²) in [5.41, 5.74) is 1.88.